The molecule has 26 heavy (non-hydrogen) atoms. The first-order valence-electron chi connectivity index (χ1n) is 8.44. The van der Waals surface area contributed by atoms with E-state index in [4.69, 9.17) is 11.6 Å². The van der Waals surface area contributed by atoms with Crippen molar-refractivity contribution in [3.05, 3.63) is 86.5 Å². The van der Waals surface area contributed by atoms with Gasteiger partial charge < -0.3 is 4.98 Å². The van der Waals surface area contributed by atoms with Gasteiger partial charge in [0.25, 0.3) is 5.56 Å². The van der Waals surface area contributed by atoms with E-state index in [9.17, 15) is 9.18 Å². The maximum atomic E-state index is 13.2. The van der Waals surface area contributed by atoms with E-state index in [1.54, 1.807) is 6.07 Å². The SMILES string of the molecule is O=c1[nH]c(-c2ccccc2)nc2c1CN(Cc1ccc(F)cc1Cl)CC2. The Hall–Kier alpha value is -2.50. The lowest BCUT2D eigenvalue weighted by Gasteiger charge is -2.28. The number of hydrogen-bond acceptors (Lipinski definition) is 3. The lowest BCUT2D eigenvalue weighted by Crippen LogP contribution is -2.35. The molecule has 0 unspecified atom stereocenters. The summed E-state index contributed by atoms with van der Waals surface area (Å²) in [5, 5.41) is 0.405. The zero-order valence-corrected chi connectivity index (χ0v) is 14.8. The summed E-state index contributed by atoms with van der Waals surface area (Å²) in [5.74, 6) is 0.251. The molecule has 3 aromatic rings. The summed E-state index contributed by atoms with van der Waals surface area (Å²) in [4.78, 5) is 22.2. The van der Waals surface area contributed by atoms with Crippen molar-refractivity contribution in [3.8, 4) is 11.4 Å². The Labute approximate surface area is 155 Å². The van der Waals surface area contributed by atoms with Crippen LogP contribution in [0.2, 0.25) is 5.02 Å². The molecule has 0 radical (unpaired) electrons. The van der Waals surface area contributed by atoms with Crippen LogP contribution in [-0.4, -0.2) is 21.4 Å². The second kappa shape index (κ2) is 7.02. The number of H-pyrrole nitrogens is 1. The van der Waals surface area contributed by atoms with Crippen molar-refractivity contribution in [2.75, 3.05) is 6.54 Å². The first-order valence-corrected chi connectivity index (χ1v) is 8.82. The lowest BCUT2D eigenvalue weighted by molar-refractivity contribution is 0.242. The van der Waals surface area contributed by atoms with Gasteiger partial charge in [0.1, 0.15) is 11.6 Å². The van der Waals surface area contributed by atoms with Gasteiger partial charge in [-0.1, -0.05) is 48.0 Å². The second-order valence-corrected chi connectivity index (χ2v) is 6.81. The quantitative estimate of drug-likeness (QED) is 0.764. The average Bonchev–Trinajstić information content (AvgIpc) is 2.65. The van der Waals surface area contributed by atoms with Gasteiger partial charge in [0.2, 0.25) is 0 Å². The topological polar surface area (TPSA) is 49.0 Å². The Morgan fingerprint density at radius 2 is 2.00 bits per heavy atom. The van der Waals surface area contributed by atoms with Gasteiger partial charge >= 0.3 is 0 Å². The van der Waals surface area contributed by atoms with E-state index >= 15 is 0 Å². The fourth-order valence-electron chi connectivity index (χ4n) is 3.24. The van der Waals surface area contributed by atoms with E-state index in [1.165, 1.54) is 12.1 Å². The molecule has 0 aliphatic carbocycles. The molecule has 6 heteroatoms. The monoisotopic (exact) mass is 369 g/mol. The molecule has 0 bridgehead atoms. The van der Waals surface area contributed by atoms with Crippen LogP contribution in [0.25, 0.3) is 11.4 Å². The zero-order valence-electron chi connectivity index (χ0n) is 14.0. The molecule has 1 N–H and O–H groups in total. The average molecular weight is 370 g/mol. The van der Waals surface area contributed by atoms with Gasteiger partial charge in [0.15, 0.2) is 0 Å². The first-order chi connectivity index (χ1) is 12.6. The van der Waals surface area contributed by atoms with Crippen LogP contribution in [0.4, 0.5) is 4.39 Å². The number of aromatic nitrogens is 2. The maximum absolute atomic E-state index is 13.2. The Morgan fingerprint density at radius 1 is 1.19 bits per heavy atom. The smallest absolute Gasteiger partial charge is 0.255 e. The highest BCUT2D eigenvalue weighted by Crippen LogP contribution is 2.23. The molecule has 0 saturated carbocycles. The maximum Gasteiger partial charge on any atom is 0.255 e. The summed E-state index contributed by atoms with van der Waals surface area (Å²) < 4.78 is 13.2. The standard InChI is InChI=1S/C20H17ClFN3O/c21-17-10-15(22)7-6-14(17)11-25-9-8-18-16(12-25)20(26)24-19(23-18)13-4-2-1-3-5-13/h1-7,10H,8-9,11-12H2,(H,23,24,26). The molecule has 0 amide bonds. The molecule has 4 rings (SSSR count). The van der Waals surface area contributed by atoms with Gasteiger partial charge in [-0.05, 0) is 17.7 Å². The van der Waals surface area contributed by atoms with Crippen LogP contribution in [-0.2, 0) is 19.5 Å². The van der Waals surface area contributed by atoms with E-state index in [-0.39, 0.29) is 11.4 Å². The number of halogens is 2. The number of rotatable bonds is 3. The fraction of sp³-hybridized carbons (Fsp3) is 0.200. The molecule has 4 nitrogen and oxygen atoms in total. The molecular weight excluding hydrogens is 353 g/mol. The van der Waals surface area contributed by atoms with Crippen LogP contribution < -0.4 is 5.56 Å². The van der Waals surface area contributed by atoms with Crippen molar-refractivity contribution in [2.45, 2.75) is 19.5 Å². The second-order valence-electron chi connectivity index (χ2n) is 6.40. The number of aromatic amines is 1. The number of benzene rings is 2. The van der Waals surface area contributed by atoms with Crippen LogP contribution in [0, 0.1) is 5.82 Å². The summed E-state index contributed by atoms with van der Waals surface area (Å²) >= 11 is 6.12. The highest BCUT2D eigenvalue weighted by molar-refractivity contribution is 6.31. The highest BCUT2D eigenvalue weighted by atomic mass is 35.5. The predicted molar refractivity (Wildman–Crippen MR) is 99.5 cm³/mol. The number of nitrogens with one attached hydrogen (secondary N) is 1. The first kappa shape index (κ1) is 16.9. The van der Waals surface area contributed by atoms with Crippen molar-refractivity contribution in [1.29, 1.82) is 0 Å². The van der Waals surface area contributed by atoms with Gasteiger partial charge in [0, 0.05) is 36.6 Å². The van der Waals surface area contributed by atoms with Gasteiger partial charge in [-0.3, -0.25) is 9.69 Å². The summed E-state index contributed by atoms with van der Waals surface area (Å²) in [5.41, 5.74) is 3.17. The van der Waals surface area contributed by atoms with Crippen LogP contribution in [0.15, 0.2) is 53.3 Å². The van der Waals surface area contributed by atoms with E-state index in [2.05, 4.69) is 14.9 Å². The molecular formula is C20H17ClFN3O. The Bertz CT molecular complexity index is 1000. The third-order valence-corrected chi connectivity index (χ3v) is 4.96. The van der Waals surface area contributed by atoms with Crippen LogP contribution in [0.3, 0.4) is 0 Å². The van der Waals surface area contributed by atoms with E-state index < -0.39 is 0 Å². The predicted octanol–water partition coefficient (Wildman–Crippen LogP) is 3.79. The van der Waals surface area contributed by atoms with Gasteiger partial charge in [-0.15, -0.1) is 0 Å². The van der Waals surface area contributed by atoms with Crippen molar-refractivity contribution in [1.82, 2.24) is 14.9 Å². The molecule has 1 aromatic heterocycles. The minimum Gasteiger partial charge on any atom is -0.306 e. The zero-order chi connectivity index (χ0) is 18.1. The minimum absolute atomic E-state index is 0.108. The third-order valence-electron chi connectivity index (χ3n) is 4.60. The van der Waals surface area contributed by atoms with Crippen molar-refractivity contribution >= 4 is 11.6 Å². The number of nitrogens with zero attached hydrogens (tertiary/aromatic N) is 2. The summed E-state index contributed by atoms with van der Waals surface area (Å²) in [6, 6.07) is 14.0. The molecule has 1 aliphatic heterocycles. The number of hydrogen-bond donors (Lipinski definition) is 1. The highest BCUT2D eigenvalue weighted by Gasteiger charge is 2.22. The molecule has 132 valence electrons. The van der Waals surface area contributed by atoms with Gasteiger partial charge in [-0.25, -0.2) is 9.37 Å². The van der Waals surface area contributed by atoms with Crippen molar-refractivity contribution < 1.29 is 4.39 Å². The molecule has 1 aliphatic rings. The molecule has 0 fully saturated rings. The summed E-state index contributed by atoms with van der Waals surface area (Å²) in [7, 11) is 0. The largest absolute Gasteiger partial charge is 0.306 e. The molecule has 2 aromatic carbocycles. The molecule has 2 heterocycles. The van der Waals surface area contributed by atoms with E-state index in [0.29, 0.717) is 35.9 Å². The summed E-state index contributed by atoms with van der Waals surface area (Å²) in [6.45, 7) is 1.84. The normalized spacial score (nSPS) is 14.2. The Kier molecular flexibility index (Phi) is 4.57. The minimum atomic E-state index is -0.350. The van der Waals surface area contributed by atoms with E-state index in [1.807, 2.05) is 30.3 Å². The molecule has 0 spiro atoms. The van der Waals surface area contributed by atoms with Crippen molar-refractivity contribution in [3.63, 3.8) is 0 Å². The Balaban J connectivity index is 1.58. The molecule has 0 saturated heterocycles. The lowest BCUT2D eigenvalue weighted by atomic mass is 10.1. The third kappa shape index (κ3) is 3.41. The van der Waals surface area contributed by atoms with Crippen molar-refractivity contribution in [2.24, 2.45) is 0 Å². The number of fused-ring (bicyclic) bond motifs is 1. The fourth-order valence-corrected chi connectivity index (χ4v) is 3.47. The van der Waals surface area contributed by atoms with Crippen LogP contribution >= 0.6 is 11.6 Å². The van der Waals surface area contributed by atoms with E-state index in [0.717, 1.165) is 23.4 Å². The Morgan fingerprint density at radius 3 is 2.77 bits per heavy atom. The van der Waals surface area contributed by atoms with Crippen LogP contribution in [0.5, 0.6) is 0 Å². The summed E-state index contributed by atoms with van der Waals surface area (Å²) in [6.07, 6.45) is 0.692. The van der Waals surface area contributed by atoms with Gasteiger partial charge in [0.05, 0.1) is 11.3 Å². The molecule has 0 atom stereocenters. The van der Waals surface area contributed by atoms with Gasteiger partial charge in [-0.2, -0.15) is 0 Å². The van der Waals surface area contributed by atoms with Crippen LogP contribution in [0.1, 0.15) is 16.8 Å².